The van der Waals surface area contributed by atoms with E-state index in [0.29, 0.717) is 5.56 Å². The molecule has 0 spiro atoms. The quantitative estimate of drug-likeness (QED) is 0.934. The molecule has 0 saturated carbocycles. The van der Waals surface area contributed by atoms with Crippen LogP contribution in [0.15, 0.2) is 24.3 Å². The summed E-state index contributed by atoms with van der Waals surface area (Å²) in [6, 6.07) is 6.67. The molecule has 1 atom stereocenters. The highest BCUT2D eigenvalue weighted by atomic mass is 32.1. The Morgan fingerprint density at radius 1 is 1.30 bits per heavy atom. The van der Waals surface area contributed by atoms with E-state index in [1.165, 1.54) is 17.6 Å². The maximum Gasteiger partial charge on any atom is 0.128 e. The minimum absolute atomic E-state index is 0.110. The molecule has 0 aliphatic heterocycles. The molecule has 0 fully saturated rings. The van der Waals surface area contributed by atoms with E-state index in [-0.39, 0.29) is 17.3 Å². The Bertz CT molecular complexity index is 574. The van der Waals surface area contributed by atoms with Crippen molar-refractivity contribution in [3.63, 3.8) is 0 Å². The van der Waals surface area contributed by atoms with Crippen LogP contribution in [-0.4, -0.2) is 16.1 Å². The van der Waals surface area contributed by atoms with Gasteiger partial charge < -0.3 is 5.32 Å². The summed E-state index contributed by atoms with van der Waals surface area (Å²) >= 11 is 1.34. The van der Waals surface area contributed by atoms with Crippen LogP contribution in [0, 0.1) is 5.82 Å². The Morgan fingerprint density at radius 3 is 2.60 bits per heavy atom. The van der Waals surface area contributed by atoms with E-state index in [1.54, 1.807) is 6.07 Å². The molecule has 0 saturated heterocycles. The largest absolute Gasteiger partial charge is 0.306 e. The summed E-state index contributed by atoms with van der Waals surface area (Å²) < 4.78 is 18.2. The summed E-state index contributed by atoms with van der Waals surface area (Å²) in [5.41, 5.74) is 1.46. The Kier molecular flexibility index (Phi) is 4.50. The number of nitrogens with one attached hydrogen (secondary N) is 1. The van der Waals surface area contributed by atoms with E-state index in [2.05, 4.69) is 35.7 Å². The van der Waals surface area contributed by atoms with Gasteiger partial charge in [0.2, 0.25) is 0 Å². The maximum atomic E-state index is 14.1. The second-order valence-electron chi connectivity index (χ2n) is 5.75. The van der Waals surface area contributed by atoms with Crippen LogP contribution in [-0.2, 0) is 5.41 Å². The van der Waals surface area contributed by atoms with Gasteiger partial charge in [-0.15, -0.1) is 5.10 Å². The molecule has 2 rings (SSSR count). The zero-order valence-corrected chi connectivity index (χ0v) is 13.1. The third-order valence-electron chi connectivity index (χ3n) is 3.11. The van der Waals surface area contributed by atoms with Crippen molar-refractivity contribution in [2.24, 2.45) is 0 Å². The van der Waals surface area contributed by atoms with Crippen molar-refractivity contribution in [1.82, 2.24) is 14.9 Å². The minimum atomic E-state index is -0.202. The Hall–Kier alpha value is -1.33. The van der Waals surface area contributed by atoms with E-state index >= 15 is 0 Å². The van der Waals surface area contributed by atoms with Gasteiger partial charge in [0, 0.05) is 11.0 Å². The lowest BCUT2D eigenvalue weighted by Gasteiger charge is -2.23. The molecular formula is C15H20FN3S. The second kappa shape index (κ2) is 5.97. The van der Waals surface area contributed by atoms with Crippen LogP contribution in [0.5, 0.6) is 0 Å². The number of aromatic nitrogens is 2. The SMILES string of the molecule is CCNC(c1ccccc1F)c1snnc1C(C)(C)C. The van der Waals surface area contributed by atoms with Gasteiger partial charge >= 0.3 is 0 Å². The molecule has 1 unspecified atom stereocenters. The number of rotatable bonds is 4. The number of hydrogen-bond donors (Lipinski definition) is 1. The summed E-state index contributed by atoms with van der Waals surface area (Å²) in [6.45, 7) is 9.05. The summed E-state index contributed by atoms with van der Waals surface area (Å²) in [5.74, 6) is -0.202. The van der Waals surface area contributed by atoms with Crippen LogP contribution in [0.1, 0.15) is 49.9 Å². The molecule has 5 heteroatoms. The smallest absolute Gasteiger partial charge is 0.128 e. The first kappa shape index (κ1) is 15.1. The first-order valence-electron chi connectivity index (χ1n) is 6.75. The van der Waals surface area contributed by atoms with E-state index in [1.807, 2.05) is 19.1 Å². The van der Waals surface area contributed by atoms with Crippen molar-refractivity contribution in [2.45, 2.75) is 39.2 Å². The van der Waals surface area contributed by atoms with Crippen molar-refractivity contribution in [3.8, 4) is 0 Å². The zero-order chi connectivity index (χ0) is 14.8. The predicted molar refractivity (Wildman–Crippen MR) is 80.5 cm³/mol. The summed E-state index contributed by atoms with van der Waals surface area (Å²) in [6.07, 6.45) is 0. The fourth-order valence-electron chi connectivity index (χ4n) is 2.16. The average Bonchev–Trinajstić information content (AvgIpc) is 2.86. The van der Waals surface area contributed by atoms with E-state index < -0.39 is 0 Å². The third kappa shape index (κ3) is 3.04. The lowest BCUT2D eigenvalue weighted by Crippen LogP contribution is -2.25. The van der Waals surface area contributed by atoms with Gasteiger partial charge in [-0.3, -0.25) is 0 Å². The fourth-order valence-corrected chi connectivity index (χ4v) is 3.12. The number of nitrogens with zero attached hydrogens (tertiary/aromatic N) is 2. The Balaban J connectivity index is 2.50. The lowest BCUT2D eigenvalue weighted by atomic mass is 9.88. The van der Waals surface area contributed by atoms with Gasteiger partial charge in [-0.25, -0.2) is 4.39 Å². The number of halogens is 1. The van der Waals surface area contributed by atoms with E-state index in [9.17, 15) is 4.39 Å². The Morgan fingerprint density at radius 2 is 2.00 bits per heavy atom. The van der Waals surface area contributed by atoms with Crippen molar-refractivity contribution in [2.75, 3.05) is 6.54 Å². The molecule has 1 heterocycles. The van der Waals surface area contributed by atoms with Gasteiger partial charge in [-0.2, -0.15) is 0 Å². The summed E-state index contributed by atoms with van der Waals surface area (Å²) in [7, 11) is 0. The molecule has 0 radical (unpaired) electrons. The molecule has 2 aromatic rings. The molecule has 0 aliphatic rings. The minimum Gasteiger partial charge on any atom is -0.306 e. The lowest BCUT2D eigenvalue weighted by molar-refractivity contribution is 0.529. The van der Waals surface area contributed by atoms with Crippen molar-refractivity contribution < 1.29 is 4.39 Å². The van der Waals surface area contributed by atoms with Crippen LogP contribution in [0.3, 0.4) is 0 Å². The van der Waals surface area contributed by atoms with Gasteiger partial charge in [0.25, 0.3) is 0 Å². The molecule has 0 aliphatic carbocycles. The van der Waals surface area contributed by atoms with Crippen molar-refractivity contribution in [1.29, 1.82) is 0 Å². The van der Waals surface area contributed by atoms with Crippen LogP contribution >= 0.6 is 11.5 Å². The highest BCUT2D eigenvalue weighted by Gasteiger charge is 2.28. The predicted octanol–water partition coefficient (Wildman–Crippen LogP) is 3.67. The van der Waals surface area contributed by atoms with Crippen LogP contribution in [0.2, 0.25) is 0 Å². The number of benzene rings is 1. The molecule has 3 nitrogen and oxygen atoms in total. The normalized spacial score (nSPS) is 13.4. The van der Waals surface area contributed by atoms with Crippen LogP contribution in [0.25, 0.3) is 0 Å². The molecule has 0 bridgehead atoms. The number of hydrogen-bond acceptors (Lipinski definition) is 4. The van der Waals surface area contributed by atoms with Crippen molar-refractivity contribution >= 4 is 11.5 Å². The monoisotopic (exact) mass is 293 g/mol. The van der Waals surface area contributed by atoms with Gasteiger partial charge in [0.05, 0.1) is 16.6 Å². The maximum absolute atomic E-state index is 14.1. The van der Waals surface area contributed by atoms with Gasteiger partial charge in [0.1, 0.15) is 5.82 Å². The summed E-state index contributed by atoms with van der Waals surface area (Å²) in [4.78, 5) is 0.990. The third-order valence-corrected chi connectivity index (χ3v) is 3.90. The first-order valence-corrected chi connectivity index (χ1v) is 7.53. The highest BCUT2D eigenvalue weighted by molar-refractivity contribution is 7.05. The van der Waals surface area contributed by atoms with E-state index in [0.717, 1.165) is 17.1 Å². The van der Waals surface area contributed by atoms with Gasteiger partial charge in [0.15, 0.2) is 0 Å². The molecular weight excluding hydrogens is 273 g/mol. The van der Waals surface area contributed by atoms with E-state index in [4.69, 9.17) is 0 Å². The van der Waals surface area contributed by atoms with Crippen molar-refractivity contribution in [3.05, 3.63) is 46.2 Å². The standard InChI is InChI=1S/C15H20FN3S/c1-5-17-12(10-8-6-7-9-11(10)16)13-14(15(2,3)4)18-19-20-13/h6-9,12,17H,5H2,1-4H3. The first-order chi connectivity index (χ1) is 9.45. The zero-order valence-electron chi connectivity index (χ0n) is 12.3. The van der Waals surface area contributed by atoms with Gasteiger partial charge in [-0.05, 0) is 24.1 Å². The highest BCUT2D eigenvalue weighted by Crippen LogP contribution is 2.34. The molecule has 108 valence electrons. The van der Waals surface area contributed by atoms with Crippen LogP contribution < -0.4 is 5.32 Å². The second-order valence-corrected chi connectivity index (χ2v) is 6.53. The molecule has 1 aromatic carbocycles. The summed E-state index contributed by atoms with van der Waals surface area (Å²) in [5, 5.41) is 7.60. The molecule has 0 amide bonds. The average molecular weight is 293 g/mol. The van der Waals surface area contributed by atoms with Crippen LogP contribution in [0.4, 0.5) is 4.39 Å². The Labute approximate surface area is 123 Å². The molecule has 1 N–H and O–H groups in total. The topological polar surface area (TPSA) is 37.8 Å². The molecule has 1 aromatic heterocycles. The fraction of sp³-hybridized carbons (Fsp3) is 0.467. The van der Waals surface area contributed by atoms with Gasteiger partial charge in [-0.1, -0.05) is 50.4 Å². The molecule has 20 heavy (non-hydrogen) atoms.